The number of para-hydroxylation sites is 4. The van der Waals surface area contributed by atoms with E-state index in [9.17, 15) is 10.2 Å². The Morgan fingerprint density at radius 3 is 1.88 bits per heavy atom. The zero-order chi connectivity index (χ0) is 17.7. The van der Waals surface area contributed by atoms with Gasteiger partial charge in [0.2, 0.25) is 11.8 Å². The maximum Gasteiger partial charge on any atom is 0.232 e. The first-order chi connectivity index (χ1) is 12.7. The average molecular weight is 344 g/mol. The van der Waals surface area contributed by atoms with Crippen LogP contribution in [0.15, 0.2) is 69.5 Å². The first kappa shape index (κ1) is 14.5. The molecule has 6 nitrogen and oxygen atoms in total. The van der Waals surface area contributed by atoms with Gasteiger partial charge in [0.25, 0.3) is 0 Å². The van der Waals surface area contributed by atoms with Crippen molar-refractivity contribution in [3.63, 3.8) is 0 Å². The molecule has 3 aromatic carbocycles. The molecular weight excluding hydrogens is 332 g/mol. The molecule has 6 heteroatoms. The van der Waals surface area contributed by atoms with Crippen molar-refractivity contribution in [1.82, 2.24) is 9.97 Å². The number of aromatic hydroxyl groups is 2. The van der Waals surface area contributed by atoms with Gasteiger partial charge in [-0.2, -0.15) is 0 Å². The molecule has 2 heterocycles. The van der Waals surface area contributed by atoms with E-state index in [1.807, 2.05) is 36.4 Å². The lowest BCUT2D eigenvalue weighted by Gasteiger charge is -2.07. The summed E-state index contributed by atoms with van der Waals surface area (Å²) in [5.41, 5.74) is 3.25. The molecule has 0 atom stereocenters. The first-order valence-corrected chi connectivity index (χ1v) is 7.97. The van der Waals surface area contributed by atoms with E-state index in [0.29, 0.717) is 33.7 Å². The number of benzene rings is 3. The summed E-state index contributed by atoms with van der Waals surface area (Å²) in [4.78, 5) is 8.88. The van der Waals surface area contributed by atoms with Gasteiger partial charge in [-0.3, -0.25) is 0 Å². The largest absolute Gasteiger partial charge is 0.504 e. The third-order valence-corrected chi connectivity index (χ3v) is 4.19. The lowest BCUT2D eigenvalue weighted by Crippen LogP contribution is -1.87. The summed E-state index contributed by atoms with van der Waals surface area (Å²) in [7, 11) is 0. The third-order valence-electron chi connectivity index (χ3n) is 4.19. The number of phenolic OH excluding ortho intramolecular Hbond substituents is 2. The average Bonchev–Trinajstić information content (AvgIpc) is 3.27. The van der Waals surface area contributed by atoms with Gasteiger partial charge in [0.1, 0.15) is 11.0 Å². The van der Waals surface area contributed by atoms with Gasteiger partial charge in [0.15, 0.2) is 22.7 Å². The van der Waals surface area contributed by atoms with Gasteiger partial charge in [-0.15, -0.1) is 0 Å². The monoisotopic (exact) mass is 344 g/mol. The Morgan fingerprint density at radius 2 is 1.23 bits per heavy atom. The summed E-state index contributed by atoms with van der Waals surface area (Å²) in [5, 5.41) is 20.5. The van der Waals surface area contributed by atoms with Crippen molar-refractivity contribution in [3.05, 3.63) is 60.7 Å². The Balaban J connectivity index is 1.79. The van der Waals surface area contributed by atoms with E-state index in [2.05, 4.69) is 9.97 Å². The molecule has 0 unspecified atom stereocenters. The molecule has 0 saturated carbocycles. The van der Waals surface area contributed by atoms with Crippen LogP contribution in [0.5, 0.6) is 11.5 Å². The molecule has 0 radical (unpaired) electrons. The minimum atomic E-state index is -0.337. The summed E-state index contributed by atoms with van der Waals surface area (Å²) in [6, 6.07) is 17.6. The van der Waals surface area contributed by atoms with Crippen LogP contribution in [0.1, 0.15) is 0 Å². The minimum absolute atomic E-state index is 0.178. The van der Waals surface area contributed by atoms with Crippen molar-refractivity contribution in [3.8, 4) is 34.4 Å². The molecule has 0 bridgehead atoms. The Labute approximate surface area is 147 Å². The standard InChI is InChI=1S/C20H12N2O4/c23-14-10-9-11(19-21-12-5-1-3-7-15(12)25-19)17(18(14)24)20-22-13-6-2-4-8-16(13)26-20/h1-10,23-24H. The first-order valence-electron chi connectivity index (χ1n) is 7.97. The second-order valence-electron chi connectivity index (χ2n) is 5.83. The van der Waals surface area contributed by atoms with E-state index in [-0.39, 0.29) is 23.0 Å². The molecule has 5 aromatic rings. The quantitative estimate of drug-likeness (QED) is 0.450. The van der Waals surface area contributed by atoms with Crippen LogP contribution in [0, 0.1) is 0 Å². The molecule has 0 saturated heterocycles. The van der Waals surface area contributed by atoms with Gasteiger partial charge in [-0.25, -0.2) is 9.97 Å². The summed E-state index contributed by atoms with van der Waals surface area (Å²) in [6.07, 6.45) is 0. The molecular formula is C20H12N2O4. The Hall–Kier alpha value is -3.80. The van der Waals surface area contributed by atoms with Crippen LogP contribution in [0.25, 0.3) is 45.1 Å². The molecule has 0 spiro atoms. The Bertz CT molecular complexity index is 1200. The van der Waals surface area contributed by atoms with Crippen molar-refractivity contribution in [1.29, 1.82) is 0 Å². The number of rotatable bonds is 2. The predicted molar refractivity (Wildman–Crippen MR) is 95.8 cm³/mol. The summed E-state index contributed by atoms with van der Waals surface area (Å²) < 4.78 is 11.6. The number of aromatic nitrogens is 2. The highest BCUT2D eigenvalue weighted by atomic mass is 16.4. The fourth-order valence-electron chi connectivity index (χ4n) is 2.94. The topological polar surface area (TPSA) is 92.5 Å². The van der Waals surface area contributed by atoms with Crippen LogP contribution in [-0.2, 0) is 0 Å². The van der Waals surface area contributed by atoms with Crippen LogP contribution in [0.2, 0.25) is 0 Å². The SMILES string of the molecule is Oc1ccc(-c2nc3ccccc3o2)c(-c2nc3ccccc3o2)c1O. The molecule has 0 amide bonds. The number of nitrogens with zero attached hydrogens (tertiary/aromatic N) is 2. The van der Waals surface area contributed by atoms with Gasteiger partial charge >= 0.3 is 0 Å². The maximum absolute atomic E-state index is 10.5. The van der Waals surface area contributed by atoms with E-state index in [1.165, 1.54) is 6.07 Å². The summed E-state index contributed by atoms with van der Waals surface area (Å²) in [5.74, 6) is -0.131. The van der Waals surface area contributed by atoms with Gasteiger partial charge < -0.3 is 19.0 Å². The van der Waals surface area contributed by atoms with Crippen LogP contribution in [0.3, 0.4) is 0 Å². The zero-order valence-corrected chi connectivity index (χ0v) is 13.4. The number of hydrogen-bond donors (Lipinski definition) is 2. The van der Waals surface area contributed by atoms with Gasteiger partial charge in [-0.1, -0.05) is 24.3 Å². The van der Waals surface area contributed by atoms with Gasteiger partial charge in [0, 0.05) is 0 Å². The molecule has 26 heavy (non-hydrogen) atoms. The fraction of sp³-hybridized carbons (Fsp3) is 0. The minimum Gasteiger partial charge on any atom is -0.504 e. The lowest BCUT2D eigenvalue weighted by atomic mass is 10.1. The van der Waals surface area contributed by atoms with Crippen LogP contribution < -0.4 is 0 Å². The Morgan fingerprint density at radius 1 is 0.654 bits per heavy atom. The molecule has 0 aliphatic rings. The maximum atomic E-state index is 10.5. The fourth-order valence-corrected chi connectivity index (χ4v) is 2.94. The van der Waals surface area contributed by atoms with Crippen molar-refractivity contribution in [2.24, 2.45) is 0 Å². The second-order valence-corrected chi connectivity index (χ2v) is 5.83. The van der Waals surface area contributed by atoms with Crippen molar-refractivity contribution < 1.29 is 19.0 Å². The number of hydrogen-bond acceptors (Lipinski definition) is 6. The number of oxazole rings is 2. The number of fused-ring (bicyclic) bond motifs is 2. The molecule has 0 aliphatic heterocycles. The molecule has 0 fully saturated rings. The van der Waals surface area contributed by atoms with Crippen molar-refractivity contribution >= 4 is 22.2 Å². The molecule has 5 rings (SSSR count). The van der Waals surface area contributed by atoms with Crippen LogP contribution >= 0.6 is 0 Å². The highest BCUT2D eigenvalue weighted by Gasteiger charge is 2.23. The highest BCUT2D eigenvalue weighted by Crippen LogP contribution is 2.44. The van der Waals surface area contributed by atoms with Crippen molar-refractivity contribution in [2.45, 2.75) is 0 Å². The van der Waals surface area contributed by atoms with E-state index in [0.717, 1.165) is 0 Å². The van der Waals surface area contributed by atoms with Crippen molar-refractivity contribution in [2.75, 3.05) is 0 Å². The van der Waals surface area contributed by atoms with Gasteiger partial charge in [-0.05, 0) is 36.4 Å². The zero-order valence-electron chi connectivity index (χ0n) is 13.4. The van der Waals surface area contributed by atoms with Gasteiger partial charge in [0.05, 0.1) is 11.1 Å². The predicted octanol–water partition coefficient (Wildman–Crippen LogP) is 4.71. The Kier molecular flexibility index (Phi) is 2.99. The highest BCUT2D eigenvalue weighted by molar-refractivity contribution is 5.88. The van der Waals surface area contributed by atoms with E-state index in [1.54, 1.807) is 18.2 Å². The van der Waals surface area contributed by atoms with Crippen LogP contribution in [0.4, 0.5) is 0 Å². The summed E-state index contributed by atoms with van der Waals surface area (Å²) in [6.45, 7) is 0. The third kappa shape index (κ3) is 2.12. The molecule has 0 aliphatic carbocycles. The van der Waals surface area contributed by atoms with E-state index in [4.69, 9.17) is 8.83 Å². The van der Waals surface area contributed by atoms with E-state index >= 15 is 0 Å². The van der Waals surface area contributed by atoms with E-state index < -0.39 is 0 Å². The molecule has 2 N–H and O–H groups in total. The van der Waals surface area contributed by atoms with Crippen LogP contribution in [-0.4, -0.2) is 20.2 Å². The number of phenols is 2. The smallest absolute Gasteiger partial charge is 0.232 e. The molecule has 2 aromatic heterocycles. The second kappa shape index (κ2) is 5.35. The molecule has 126 valence electrons. The lowest BCUT2D eigenvalue weighted by molar-refractivity contribution is 0.404. The summed E-state index contributed by atoms with van der Waals surface area (Å²) >= 11 is 0. The normalized spacial score (nSPS) is 11.4.